The van der Waals surface area contributed by atoms with Gasteiger partial charge in [0.2, 0.25) is 0 Å². The second kappa shape index (κ2) is 6.42. The van der Waals surface area contributed by atoms with Crippen LogP contribution < -0.4 is 5.73 Å². The highest BCUT2D eigenvalue weighted by molar-refractivity contribution is 7.99. The van der Waals surface area contributed by atoms with E-state index in [0.717, 1.165) is 11.1 Å². The van der Waals surface area contributed by atoms with E-state index in [2.05, 4.69) is 25.1 Å². The molecule has 1 unspecified atom stereocenters. The summed E-state index contributed by atoms with van der Waals surface area (Å²) in [6.45, 7) is 5.88. The maximum absolute atomic E-state index is 14.1. The van der Waals surface area contributed by atoms with E-state index in [1.54, 1.807) is 17.8 Å². The van der Waals surface area contributed by atoms with E-state index in [-0.39, 0.29) is 11.9 Å². The Bertz CT molecular complexity index is 587. The van der Waals surface area contributed by atoms with Gasteiger partial charge in [-0.15, -0.1) is 11.8 Å². The van der Waals surface area contributed by atoms with Gasteiger partial charge in [-0.2, -0.15) is 0 Å². The lowest BCUT2D eigenvalue weighted by molar-refractivity contribution is 0.591. The first kappa shape index (κ1) is 15.1. The number of aryl methyl sites for hydroxylation is 3. The summed E-state index contributed by atoms with van der Waals surface area (Å²) in [5.41, 5.74) is 9.89. The van der Waals surface area contributed by atoms with Gasteiger partial charge in [0.15, 0.2) is 0 Å². The lowest BCUT2D eigenvalue weighted by atomic mass is 10.00. The molecule has 2 aromatic carbocycles. The summed E-state index contributed by atoms with van der Waals surface area (Å²) in [6.07, 6.45) is 0. The van der Waals surface area contributed by atoms with Crippen molar-refractivity contribution in [1.29, 1.82) is 0 Å². The van der Waals surface area contributed by atoms with E-state index < -0.39 is 0 Å². The van der Waals surface area contributed by atoms with Crippen LogP contribution in [0.2, 0.25) is 0 Å². The van der Waals surface area contributed by atoms with Crippen molar-refractivity contribution in [3.05, 3.63) is 64.5 Å². The molecule has 0 saturated carbocycles. The summed E-state index contributed by atoms with van der Waals surface area (Å²) in [7, 11) is 0. The lowest BCUT2D eigenvalue weighted by Gasteiger charge is -2.16. The first-order valence-electron chi connectivity index (χ1n) is 6.69. The Kier molecular flexibility index (Phi) is 4.84. The second-order valence-electron chi connectivity index (χ2n) is 5.21. The van der Waals surface area contributed by atoms with E-state index >= 15 is 0 Å². The molecule has 2 N–H and O–H groups in total. The van der Waals surface area contributed by atoms with Crippen LogP contribution in [0, 0.1) is 26.6 Å². The van der Waals surface area contributed by atoms with E-state index in [0.29, 0.717) is 11.3 Å². The third-order valence-electron chi connectivity index (χ3n) is 3.27. The fraction of sp³-hybridized carbons (Fsp3) is 0.294. The van der Waals surface area contributed by atoms with Crippen molar-refractivity contribution in [2.75, 3.05) is 5.75 Å². The number of hydrogen-bond acceptors (Lipinski definition) is 2. The summed E-state index contributed by atoms with van der Waals surface area (Å²) >= 11 is 1.67. The summed E-state index contributed by atoms with van der Waals surface area (Å²) in [4.78, 5) is 1.17. The third kappa shape index (κ3) is 3.62. The molecule has 0 aliphatic rings. The van der Waals surface area contributed by atoms with Crippen LogP contribution in [0.4, 0.5) is 4.39 Å². The molecule has 20 heavy (non-hydrogen) atoms. The van der Waals surface area contributed by atoms with Crippen LogP contribution in [-0.4, -0.2) is 5.75 Å². The first-order chi connectivity index (χ1) is 9.47. The average molecular weight is 289 g/mol. The van der Waals surface area contributed by atoms with Crippen LogP contribution in [0.1, 0.15) is 28.3 Å². The van der Waals surface area contributed by atoms with Gasteiger partial charge in [-0.3, -0.25) is 0 Å². The van der Waals surface area contributed by atoms with Crippen LogP contribution in [0.3, 0.4) is 0 Å². The molecule has 0 fully saturated rings. The van der Waals surface area contributed by atoms with E-state index in [1.165, 1.54) is 10.5 Å². The predicted molar refractivity (Wildman–Crippen MR) is 84.7 cm³/mol. The third-order valence-corrected chi connectivity index (χ3v) is 4.38. The molecule has 3 heteroatoms. The summed E-state index contributed by atoms with van der Waals surface area (Å²) in [5, 5.41) is 0. The van der Waals surface area contributed by atoms with Gasteiger partial charge in [-0.1, -0.05) is 23.8 Å². The molecule has 2 rings (SSSR count). The fourth-order valence-electron chi connectivity index (χ4n) is 2.37. The van der Waals surface area contributed by atoms with Gasteiger partial charge in [0, 0.05) is 22.3 Å². The topological polar surface area (TPSA) is 26.0 Å². The van der Waals surface area contributed by atoms with Crippen LogP contribution in [0.5, 0.6) is 0 Å². The average Bonchev–Trinajstić information content (AvgIpc) is 2.35. The minimum atomic E-state index is -0.291. The molecule has 0 radical (unpaired) electrons. The van der Waals surface area contributed by atoms with Crippen molar-refractivity contribution < 1.29 is 4.39 Å². The standard InChI is InChI=1S/C17H20FNS/c1-11-5-4-6-14(8-11)20-10-16(19)17-13(3)7-12(2)9-15(17)18/h4-9,16H,10,19H2,1-3H3. The molecule has 1 nitrogen and oxygen atoms in total. The molecule has 1 atom stereocenters. The van der Waals surface area contributed by atoms with Gasteiger partial charge in [-0.25, -0.2) is 4.39 Å². The zero-order chi connectivity index (χ0) is 14.7. The Morgan fingerprint density at radius 2 is 1.85 bits per heavy atom. The SMILES string of the molecule is Cc1cccc(SCC(N)c2c(C)cc(C)cc2F)c1. The van der Waals surface area contributed by atoms with Crippen LogP contribution >= 0.6 is 11.8 Å². The Morgan fingerprint density at radius 3 is 2.50 bits per heavy atom. The summed E-state index contributed by atoms with van der Waals surface area (Å²) < 4.78 is 14.1. The molecule has 2 aromatic rings. The summed E-state index contributed by atoms with van der Waals surface area (Å²) in [6, 6.07) is 11.5. The number of hydrogen-bond donors (Lipinski definition) is 1. The van der Waals surface area contributed by atoms with Crippen molar-refractivity contribution in [2.45, 2.75) is 31.7 Å². The van der Waals surface area contributed by atoms with Crippen molar-refractivity contribution >= 4 is 11.8 Å². The van der Waals surface area contributed by atoms with Crippen molar-refractivity contribution in [3.8, 4) is 0 Å². The minimum absolute atomic E-state index is 0.195. The highest BCUT2D eigenvalue weighted by Gasteiger charge is 2.15. The first-order valence-corrected chi connectivity index (χ1v) is 7.67. The van der Waals surface area contributed by atoms with Gasteiger partial charge >= 0.3 is 0 Å². The quantitative estimate of drug-likeness (QED) is 0.836. The molecule has 0 bridgehead atoms. The Labute approximate surface area is 124 Å². The number of rotatable bonds is 4. The lowest BCUT2D eigenvalue weighted by Crippen LogP contribution is -2.16. The number of thioether (sulfide) groups is 1. The molecule has 0 heterocycles. The van der Waals surface area contributed by atoms with Crippen molar-refractivity contribution in [2.24, 2.45) is 5.73 Å². The van der Waals surface area contributed by atoms with Crippen LogP contribution in [-0.2, 0) is 0 Å². The summed E-state index contributed by atoms with van der Waals surface area (Å²) in [5.74, 6) is 0.476. The van der Waals surface area contributed by atoms with E-state index in [9.17, 15) is 4.39 Å². The predicted octanol–water partition coefficient (Wildman–Crippen LogP) is 4.54. The smallest absolute Gasteiger partial charge is 0.128 e. The molecule has 0 saturated heterocycles. The van der Waals surface area contributed by atoms with Crippen LogP contribution in [0.25, 0.3) is 0 Å². The van der Waals surface area contributed by atoms with Crippen molar-refractivity contribution in [3.63, 3.8) is 0 Å². The second-order valence-corrected chi connectivity index (χ2v) is 6.30. The maximum atomic E-state index is 14.1. The number of benzene rings is 2. The van der Waals surface area contributed by atoms with Gasteiger partial charge in [0.1, 0.15) is 5.82 Å². The molecule has 0 amide bonds. The zero-order valence-electron chi connectivity index (χ0n) is 12.1. The largest absolute Gasteiger partial charge is 0.323 e. The molecular formula is C17H20FNS. The number of halogens is 1. The van der Waals surface area contributed by atoms with Gasteiger partial charge in [-0.05, 0) is 50.1 Å². The maximum Gasteiger partial charge on any atom is 0.128 e. The van der Waals surface area contributed by atoms with Gasteiger partial charge in [0.05, 0.1) is 0 Å². The zero-order valence-corrected chi connectivity index (χ0v) is 12.9. The fourth-order valence-corrected chi connectivity index (χ4v) is 3.35. The molecule has 0 aromatic heterocycles. The van der Waals surface area contributed by atoms with E-state index in [1.807, 2.05) is 26.0 Å². The molecule has 0 aliphatic heterocycles. The van der Waals surface area contributed by atoms with E-state index in [4.69, 9.17) is 5.73 Å². The van der Waals surface area contributed by atoms with Gasteiger partial charge in [0.25, 0.3) is 0 Å². The monoisotopic (exact) mass is 289 g/mol. The molecule has 106 valence electrons. The molecule has 0 spiro atoms. The van der Waals surface area contributed by atoms with Crippen molar-refractivity contribution in [1.82, 2.24) is 0 Å². The van der Waals surface area contributed by atoms with Gasteiger partial charge < -0.3 is 5.73 Å². The number of nitrogens with two attached hydrogens (primary N) is 1. The Hall–Kier alpha value is -1.32. The normalized spacial score (nSPS) is 12.4. The Balaban J connectivity index is 2.11. The highest BCUT2D eigenvalue weighted by Crippen LogP contribution is 2.27. The minimum Gasteiger partial charge on any atom is -0.323 e. The molecule has 0 aliphatic carbocycles. The Morgan fingerprint density at radius 1 is 1.10 bits per heavy atom. The van der Waals surface area contributed by atoms with Crippen LogP contribution in [0.15, 0.2) is 41.3 Å². The molecular weight excluding hydrogens is 269 g/mol. The highest BCUT2D eigenvalue weighted by atomic mass is 32.2.